The molecule has 1 N–H and O–H groups in total. The van der Waals surface area contributed by atoms with Crippen molar-refractivity contribution in [1.82, 2.24) is 0 Å². The van der Waals surface area contributed by atoms with Crippen LogP contribution in [0.2, 0.25) is 0 Å². The van der Waals surface area contributed by atoms with E-state index in [1.165, 1.54) is 0 Å². The molecule has 1 aromatic carbocycles. The van der Waals surface area contributed by atoms with Gasteiger partial charge in [-0.05, 0) is 24.8 Å². The first-order valence-electron chi connectivity index (χ1n) is 5.83. The standard InChI is InChI=1S/C14H18N2OS/c1-3-4-9-17-10-8-16-13-6-5-7-14(18-2)12(13)11-15/h3,5-7,16H,1,4,8-10H2,2H3. The zero-order chi connectivity index (χ0) is 13.2. The SMILES string of the molecule is C=CCCOCCNc1cccc(SC)c1C#N. The Hall–Kier alpha value is -1.44. The van der Waals surface area contributed by atoms with E-state index in [1.807, 2.05) is 30.5 Å². The number of hydrogen-bond acceptors (Lipinski definition) is 4. The average Bonchev–Trinajstić information content (AvgIpc) is 2.42. The van der Waals surface area contributed by atoms with Crippen LogP contribution in [-0.2, 0) is 4.74 Å². The van der Waals surface area contributed by atoms with Gasteiger partial charge in [-0.25, -0.2) is 0 Å². The summed E-state index contributed by atoms with van der Waals surface area (Å²) in [4.78, 5) is 0.995. The van der Waals surface area contributed by atoms with Crippen molar-refractivity contribution in [1.29, 1.82) is 5.26 Å². The van der Waals surface area contributed by atoms with E-state index in [2.05, 4.69) is 18.0 Å². The lowest BCUT2D eigenvalue weighted by Gasteiger charge is -2.10. The third-order valence-corrected chi connectivity index (χ3v) is 3.17. The van der Waals surface area contributed by atoms with Crippen molar-refractivity contribution < 1.29 is 4.74 Å². The maximum atomic E-state index is 9.16. The normalized spacial score (nSPS) is 9.78. The van der Waals surface area contributed by atoms with Crippen LogP contribution in [0.15, 0.2) is 35.7 Å². The highest BCUT2D eigenvalue weighted by Crippen LogP contribution is 2.25. The van der Waals surface area contributed by atoms with Crippen LogP contribution >= 0.6 is 11.8 Å². The molecule has 0 saturated carbocycles. The Bertz CT molecular complexity index is 426. The van der Waals surface area contributed by atoms with E-state index in [1.54, 1.807) is 11.8 Å². The summed E-state index contributed by atoms with van der Waals surface area (Å²) in [5.41, 5.74) is 1.58. The number of rotatable bonds is 8. The highest BCUT2D eigenvalue weighted by Gasteiger charge is 2.06. The molecule has 1 rings (SSSR count). The molecule has 0 saturated heterocycles. The molecule has 1 aromatic rings. The quantitative estimate of drug-likeness (QED) is 0.443. The Morgan fingerprint density at radius 3 is 3.00 bits per heavy atom. The lowest BCUT2D eigenvalue weighted by atomic mass is 10.2. The van der Waals surface area contributed by atoms with Crippen molar-refractivity contribution in [2.24, 2.45) is 0 Å². The third kappa shape index (κ3) is 4.44. The molecule has 0 atom stereocenters. The van der Waals surface area contributed by atoms with Crippen molar-refractivity contribution in [3.63, 3.8) is 0 Å². The van der Waals surface area contributed by atoms with Gasteiger partial charge in [-0.15, -0.1) is 18.3 Å². The Morgan fingerprint density at radius 1 is 1.50 bits per heavy atom. The van der Waals surface area contributed by atoms with E-state index < -0.39 is 0 Å². The molecule has 3 nitrogen and oxygen atoms in total. The summed E-state index contributed by atoms with van der Waals surface area (Å²) in [7, 11) is 0. The number of benzene rings is 1. The molecule has 0 unspecified atom stereocenters. The van der Waals surface area contributed by atoms with Gasteiger partial charge in [-0.1, -0.05) is 12.1 Å². The van der Waals surface area contributed by atoms with E-state index in [0.717, 1.165) is 17.0 Å². The first-order valence-corrected chi connectivity index (χ1v) is 7.05. The molecular weight excluding hydrogens is 244 g/mol. The maximum Gasteiger partial charge on any atom is 0.102 e. The smallest absolute Gasteiger partial charge is 0.102 e. The Balaban J connectivity index is 2.47. The minimum atomic E-state index is 0.627. The number of nitrogens with one attached hydrogen (secondary N) is 1. The Labute approximate surface area is 113 Å². The largest absolute Gasteiger partial charge is 0.382 e. The van der Waals surface area contributed by atoms with E-state index in [9.17, 15) is 0 Å². The van der Waals surface area contributed by atoms with Gasteiger partial charge in [0, 0.05) is 11.4 Å². The molecule has 0 aliphatic rings. The number of nitrogens with zero attached hydrogens (tertiary/aromatic N) is 1. The number of hydrogen-bond donors (Lipinski definition) is 1. The molecule has 18 heavy (non-hydrogen) atoms. The molecule has 0 aliphatic carbocycles. The average molecular weight is 262 g/mol. The van der Waals surface area contributed by atoms with Gasteiger partial charge in [0.05, 0.1) is 24.5 Å². The Kier molecular flexibility index (Phi) is 7.00. The van der Waals surface area contributed by atoms with Gasteiger partial charge in [0.25, 0.3) is 0 Å². The number of nitriles is 1. The molecular formula is C14H18N2OS. The van der Waals surface area contributed by atoms with Crippen LogP contribution in [0, 0.1) is 11.3 Å². The van der Waals surface area contributed by atoms with Crippen molar-refractivity contribution >= 4 is 17.4 Å². The predicted octanol–water partition coefficient (Wildman–Crippen LogP) is 3.28. The highest BCUT2D eigenvalue weighted by molar-refractivity contribution is 7.98. The first-order chi connectivity index (χ1) is 8.83. The summed E-state index contributed by atoms with van der Waals surface area (Å²) in [6.07, 6.45) is 4.67. The molecule has 0 spiro atoms. The zero-order valence-electron chi connectivity index (χ0n) is 10.6. The van der Waals surface area contributed by atoms with Crippen molar-refractivity contribution in [3.05, 3.63) is 36.4 Å². The molecule has 4 heteroatoms. The van der Waals surface area contributed by atoms with Crippen molar-refractivity contribution in [2.75, 3.05) is 31.3 Å². The Morgan fingerprint density at radius 2 is 2.33 bits per heavy atom. The number of ether oxygens (including phenoxy) is 1. The van der Waals surface area contributed by atoms with Gasteiger partial charge in [0.1, 0.15) is 6.07 Å². The fourth-order valence-electron chi connectivity index (χ4n) is 1.49. The lowest BCUT2D eigenvalue weighted by molar-refractivity contribution is 0.149. The monoisotopic (exact) mass is 262 g/mol. The van der Waals surface area contributed by atoms with Gasteiger partial charge in [0.2, 0.25) is 0 Å². The molecule has 0 aliphatic heterocycles. The van der Waals surface area contributed by atoms with Crippen LogP contribution in [-0.4, -0.2) is 26.0 Å². The van der Waals surface area contributed by atoms with Gasteiger partial charge >= 0.3 is 0 Å². The van der Waals surface area contributed by atoms with Crippen LogP contribution in [0.4, 0.5) is 5.69 Å². The van der Waals surface area contributed by atoms with Crippen LogP contribution in [0.1, 0.15) is 12.0 Å². The fourth-order valence-corrected chi connectivity index (χ4v) is 2.06. The van der Waals surface area contributed by atoms with Gasteiger partial charge in [-0.2, -0.15) is 5.26 Å². The molecule has 0 fully saturated rings. The molecule has 0 bridgehead atoms. The summed E-state index contributed by atoms with van der Waals surface area (Å²) in [5.74, 6) is 0. The summed E-state index contributed by atoms with van der Waals surface area (Å²) < 4.78 is 5.40. The molecule has 0 radical (unpaired) electrons. The minimum absolute atomic E-state index is 0.627. The van der Waals surface area contributed by atoms with E-state index in [0.29, 0.717) is 25.3 Å². The van der Waals surface area contributed by atoms with Crippen molar-refractivity contribution in [3.8, 4) is 6.07 Å². The van der Waals surface area contributed by atoms with E-state index in [-0.39, 0.29) is 0 Å². The summed E-state index contributed by atoms with van der Waals surface area (Å²) in [5, 5.41) is 12.4. The second-order valence-corrected chi connectivity index (χ2v) is 4.46. The molecule has 96 valence electrons. The second-order valence-electron chi connectivity index (χ2n) is 3.61. The first kappa shape index (κ1) is 14.6. The molecule has 0 amide bonds. The summed E-state index contributed by atoms with van der Waals surface area (Å²) in [6, 6.07) is 8.06. The minimum Gasteiger partial charge on any atom is -0.382 e. The van der Waals surface area contributed by atoms with Crippen LogP contribution in [0.25, 0.3) is 0 Å². The zero-order valence-corrected chi connectivity index (χ0v) is 11.4. The van der Waals surface area contributed by atoms with Gasteiger partial charge in [0.15, 0.2) is 0 Å². The molecule has 0 heterocycles. The number of anilines is 1. The summed E-state index contributed by atoms with van der Waals surface area (Å²) in [6.45, 7) is 5.65. The maximum absolute atomic E-state index is 9.16. The topological polar surface area (TPSA) is 45.0 Å². The van der Waals surface area contributed by atoms with Crippen LogP contribution < -0.4 is 5.32 Å². The van der Waals surface area contributed by atoms with E-state index in [4.69, 9.17) is 10.00 Å². The fraction of sp³-hybridized carbons (Fsp3) is 0.357. The van der Waals surface area contributed by atoms with Crippen LogP contribution in [0.3, 0.4) is 0 Å². The summed E-state index contributed by atoms with van der Waals surface area (Å²) >= 11 is 1.58. The third-order valence-electron chi connectivity index (χ3n) is 2.39. The highest BCUT2D eigenvalue weighted by atomic mass is 32.2. The van der Waals surface area contributed by atoms with Crippen molar-refractivity contribution in [2.45, 2.75) is 11.3 Å². The van der Waals surface area contributed by atoms with Crippen LogP contribution in [0.5, 0.6) is 0 Å². The van der Waals surface area contributed by atoms with Gasteiger partial charge in [-0.3, -0.25) is 0 Å². The van der Waals surface area contributed by atoms with E-state index >= 15 is 0 Å². The molecule has 0 aromatic heterocycles. The second kappa shape index (κ2) is 8.62. The lowest BCUT2D eigenvalue weighted by Crippen LogP contribution is -2.10. The number of thioether (sulfide) groups is 1. The van der Waals surface area contributed by atoms with Gasteiger partial charge < -0.3 is 10.1 Å². The predicted molar refractivity (Wildman–Crippen MR) is 77.1 cm³/mol.